The molecule has 3 aromatic rings. The molecule has 0 amide bonds. The Labute approximate surface area is 135 Å². The van der Waals surface area contributed by atoms with Gasteiger partial charge in [-0.2, -0.15) is 0 Å². The third-order valence-corrected chi connectivity index (χ3v) is 3.50. The molecular formula is C19H17N3O. The molecule has 0 saturated heterocycles. The van der Waals surface area contributed by atoms with Crippen molar-refractivity contribution in [3.8, 4) is 5.75 Å². The van der Waals surface area contributed by atoms with E-state index in [4.69, 9.17) is 10.5 Å². The van der Waals surface area contributed by atoms with Gasteiger partial charge in [-0.1, -0.05) is 49.0 Å². The van der Waals surface area contributed by atoms with Gasteiger partial charge in [0.1, 0.15) is 24.5 Å². The number of hydrogen-bond donors (Lipinski definition) is 1. The zero-order valence-corrected chi connectivity index (χ0v) is 12.6. The number of benzene rings is 2. The fourth-order valence-corrected chi connectivity index (χ4v) is 2.24. The number of hydrogen-bond acceptors (Lipinski definition) is 4. The van der Waals surface area contributed by atoms with Gasteiger partial charge in [-0.15, -0.1) is 0 Å². The van der Waals surface area contributed by atoms with E-state index >= 15 is 0 Å². The summed E-state index contributed by atoms with van der Waals surface area (Å²) in [7, 11) is 0. The molecule has 4 nitrogen and oxygen atoms in total. The number of aromatic nitrogens is 2. The van der Waals surface area contributed by atoms with Crippen LogP contribution in [0.5, 0.6) is 5.75 Å². The average Bonchev–Trinajstić information content (AvgIpc) is 2.61. The molecule has 0 aliphatic rings. The van der Waals surface area contributed by atoms with Crippen molar-refractivity contribution in [1.29, 1.82) is 0 Å². The van der Waals surface area contributed by atoms with Crippen molar-refractivity contribution in [3.63, 3.8) is 0 Å². The fourth-order valence-electron chi connectivity index (χ4n) is 2.24. The minimum atomic E-state index is 0.417. The maximum absolute atomic E-state index is 5.89. The molecule has 3 rings (SSSR count). The molecule has 114 valence electrons. The van der Waals surface area contributed by atoms with Crippen LogP contribution in [-0.2, 0) is 6.61 Å². The molecule has 0 radical (unpaired) electrons. The van der Waals surface area contributed by atoms with Crippen LogP contribution in [-0.4, -0.2) is 9.97 Å². The molecule has 23 heavy (non-hydrogen) atoms. The van der Waals surface area contributed by atoms with E-state index in [1.54, 1.807) is 6.20 Å². The first-order valence-corrected chi connectivity index (χ1v) is 7.26. The van der Waals surface area contributed by atoms with Crippen LogP contribution < -0.4 is 10.5 Å². The van der Waals surface area contributed by atoms with Crippen molar-refractivity contribution in [1.82, 2.24) is 9.97 Å². The van der Waals surface area contributed by atoms with Crippen LogP contribution in [0, 0.1) is 0 Å². The van der Waals surface area contributed by atoms with Crippen molar-refractivity contribution in [2.24, 2.45) is 0 Å². The Morgan fingerprint density at radius 3 is 2.70 bits per heavy atom. The van der Waals surface area contributed by atoms with E-state index in [9.17, 15) is 0 Å². The number of nitrogens with zero attached hydrogens (tertiary/aromatic N) is 2. The van der Waals surface area contributed by atoms with Gasteiger partial charge < -0.3 is 10.5 Å². The Balaban J connectivity index is 1.77. The number of rotatable bonds is 5. The van der Waals surface area contributed by atoms with Crippen molar-refractivity contribution < 1.29 is 4.74 Å². The molecule has 0 saturated carbocycles. The summed E-state index contributed by atoms with van der Waals surface area (Å²) in [5, 5.41) is 0. The summed E-state index contributed by atoms with van der Waals surface area (Å²) in [6, 6.07) is 17.8. The molecule has 1 aromatic heterocycles. The lowest BCUT2D eigenvalue weighted by molar-refractivity contribution is 0.306. The molecule has 2 aromatic carbocycles. The molecule has 0 fully saturated rings. The first kappa shape index (κ1) is 14.8. The summed E-state index contributed by atoms with van der Waals surface area (Å²) in [5.41, 5.74) is 9.44. The Hall–Kier alpha value is -3.14. The quantitative estimate of drug-likeness (QED) is 0.780. The van der Waals surface area contributed by atoms with Gasteiger partial charge >= 0.3 is 0 Å². The van der Waals surface area contributed by atoms with E-state index in [2.05, 4.69) is 16.5 Å². The van der Waals surface area contributed by atoms with Gasteiger partial charge in [-0.25, -0.2) is 9.97 Å². The van der Waals surface area contributed by atoms with E-state index < -0.39 is 0 Å². The first-order valence-electron chi connectivity index (χ1n) is 7.26. The summed E-state index contributed by atoms with van der Waals surface area (Å²) in [6.45, 7) is 4.62. The SMILES string of the molecule is C=C(c1cccc(OCc2ccccc2)c1)c1cncnc1N. The highest BCUT2D eigenvalue weighted by Gasteiger charge is 2.08. The summed E-state index contributed by atoms with van der Waals surface area (Å²) < 4.78 is 5.85. The van der Waals surface area contributed by atoms with Gasteiger partial charge in [-0.3, -0.25) is 0 Å². The van der Waals surface area contributed by atoms with Crippen LogP contribution in [0.3, 0.4) is 0 Å². The second-order valence-electron chi connectivity index (χ2n) is 5.10. The predicted molar refractivity (Wildman–Crippen MR) is 91.8 cm³/mol. The Morgan fingerprint density at radius 2 is 1.91 bits per heavy atom. The lowest BCUT2D eigenvalue weighted by Gasteiger charge is -2.11. The van der Waals surface area contributed by atoms with Gasteiger partial charge in [0.25, 0.3) is 0 Å². The standard InChI is InChI=1S/C19H17N3O/c1-14(18-11-21-13-22-19(18)20)16-8-5-9-17(10-16)23-12-15-6-3-2-4-7-15/h2-11,13H,1,12H2,(H2,20,21,22). The van der Waals surface area contributed by atoms with E-state index in [0.29, 0.717) is 12.4 Å². The normalized spacial score (nSPS) is 10.3. The van der Waals surface area contributed by atoms with Crippen molar-refractivity contribution in [2.45, 2.75) is 6.61 Å². The highest BCUT2D eigenvalue weighted by molar-refractivity contribution is 5.82. The molecule has 4 heteroatoms. The topological polar surface area (TPSA) is 61.0 Å². The monoisotopic (exact) mass is 303 g/mol. The van der Waals surface area contributed by atoms with Gasteiger partial charge in [0, 0.05) is 11.8 Å². The van der Waals surface area contributed by atoms with Crippen molar-refractivity contribution >= 4 is 11.4 Å². The average molecular weight is 303 g/mol. The Kier molecular flexibility index (Phi) is 4.34. The van der Waals surface area contributed by atoms with E-state index in [1.165, 1.54) is 6.33 Å². The molecule has 0 unspecified atom stereocenters. The van der Waals surface area contributed by atoms with Crippen LogP contribution in [0.4, 0.5) is 5.82 Å². The molecule has 0 spiro atoms. The van der Waals surface area contributed by atoms with Crippen molar-refractivity contribution in [2.75, 3.05) is 5.73 Å². The third-order valence-electron chi connectivity index (χ3n) is 3.50. The Morgan fingerprint density at radius 1 is 1.09 bits per heavy atom. The number of nitrogens with two attached hydrogens (primary N) is 1. The minimum Gasteiger partial charge on any atom is -0.489 e. The first-order chi connectivity index (χ1) is 11.2. The van der Waals surface area contributed by atoms with Gasteiger partial charge in [0.05, 0.1) is 0 Å². The minimum absolute atomic E-state index is 0.417. The second-order valence-corrected chi connectivity index (χ2v) is 5.10. The van der Waals surface area contributed by atoms with Crippen LogP contribution in [0.2, 0.25) is 0 Å². The zero-order chi connectivity index (χ0) is 16.1. The molecular weight excluding hydrogens is 286 g/mol. The summed E-state index contributed by atoms with van der Waals surface area (Å²) in [4.78, 5) is 8.01. The highest BCUT2D eigenvalue weighted by Crippen LogP contribution is 2.27. The van der Waals surface area contributed by atoms with Crippen LogP contribution in [0.1, 0.15) is 16.7 Å². The third kappa shape index (κ3) is 3.55. The maximum Gasteiger partial charge on any atom is 0.134 e. The maximum atomic E-state index is 5.89. The molecule has 1 heterocycles. The fraction of sp³-hybridized carbons (Fsp3) is 0.0526. The molecule has 0 atom stereocenters. The lowest BCUT2D eigenvalue weighted by atomic mass is 10.0. The second kappa shape index (κ2) is 6.75. The summed E-state index contributed by atoms with van der Waals surface area (Å²) >= 11 is 0. The summed E-state index contributed by atoms with van der Waals surface area (Å²) in [6.07, 6.45) is 3.09. The Bertz CT molecular complexity index is 816. The van der Waals surface area contributed by atoms with E-state index in [0.717, 1.165) is 28.0 Å². The number of nitrogen functional groups attached to an aromatic ring is 1. The van der Waals surface area contributed by atoms with Crippen LogP contribution >= 0.6 is 0 Å². The van der Waals surface area contributed by atoms with Gasteiger partial charge in [-0.05, 0) is 28.8 Å². The molecule has 0 bridgehead atoms. The van der Waals surface area contributed by atoms with Gasteiger partial charge in [0.15, 0.2) is 0 Å². The van der Waals surface area contributed by atoms with Crippen LogP contribution in [0.15, 0.2) is 73.7 Å². The summed E-state index contributed by atoms with van der Waals surface area (Å²) in [5.74, 6) is 1.20. The highest BCUT2D eigenvalue weighted by atomic mass is 16.5. The number of ether oxygens (including phenoxy) is 1. The largest absolute Gasteiger partial charge is 0.489 e. The van der Waals surface area contributed by atoms with E-state index in [1.807, 2.05) is 54.6 Å². The zero-order valence-electron chi connectivity index (χ0n) is 12.6. The lowest BCUT2D eigenvalue weighted by Crippen LogP contribution is -1.99. The van der Waals surface area contributed by atoms with Crippen LogP contribution in [0.25, 0.3) is 5.57 Å². The molecule has 2 N–H and O–H groups in total. The smallest absolute Gasteiger partial charge is 0.134 e. The predicted octanol–water partition coefficient (Wildman–Crippen LogP) is 3.70. The van der Waals surface area contributed by atoms with Gasteiger partial charge in [0.2, 0.25) is 0 Å². The molecule has 0 aliphatic heterocycles. The number of anilines is 1. The molecule has 0 aliphatic carbocycles. The van der Waals surface area contributed by atoms with Crippen molar-refractivity contribution in [3.05, 3.63) is 90.4 Å². The van der Waals surface area contributed by atoms with E-state index in [-0.39, 0.29) is 0 Å².